The maximum atomic E-state index is 13.7. The minimum absolute atomic E-state index is 0.101. The normalized spacial score (nSPS) is 15.3. The van der Waals surface area contributed by atoms with Crippen LogP contribution in [0.2, 0.25) is 0 Å². The lowest BCUT2D eigenvalue weighted by Crippen LogP contribution is -2.43. The number of hydrogen-bond donors (Lipinski definition) is 1. The molecule has 1 N–H and O–H groups in total. The molecular weight excluding hydrogens is 524 g/mol. The van der Waals surface area contributed by atoms with Gasteiger partial charge in [0.05, 0.1) is 24.5 Å². The first-order valence-electron chi connectivity index (χ1n) is 10.1. The SMILES string of the molecule is CCOc1cccc(N2C(=O)c3cc(Br)ccc3N[C@H]2c2cc(Br)ccc2OCC)c1. The summed E-state index contributed by atoms with van der Waals surface area (Å²) >= 11 is 7.05. The van der Waals surface area contributed by atoms with Crippen LogP contribution in [-0.4, -0.2) is 19.1 Å². The first-order valence-corrected chi connectivity index (χ1v) is 11.6. The first-order chi connectivity index (χ1) is 15.0. The van der Waals surface area contributed by atoms with Gasteiger partial charge in [0.1, 0.15) is 17.7 Å². The molecule has 0 fully saturated rings. The lowest BCUT2D eigenvalue weighted by molar-refractivity contribution is 0.0974. The van der Waals surface area contributed by atoms with Gasteiger partial charge in [-0.2, -0.15) is 0 Å². The largest absolute Gasteiger partial charge is 0.494 e. The van der Waals surface area contributed by atoms with Gasteiger partial charge in [0.25, 0.3) is 5.91 Å². The summed E-state index contributed by atoms with van der Waals surface area (Å²) in [5, 5.41) is 3.54. The summed E-state index contributed by atoms with van der Waals surface area (Å²) in [6.45, 7) is 4.96. The Labute approximate surface area is 198 Å². The zero-order valence-corrected chi connectivity index (χ0v) is 20.4. The molecule has 7 heteroatoms. The molecule has 1 amide bonds. The van der Waals surface area contributed by atoms with Crippen molar-refractivity contribution in [3.8, 4) is 11.5 Å². The van der Waals surface area contributed by atoms with Crippen molar-refractivity contribution in [2.75, 3.05) is 23.4 Å². The fourth-order valence-corrected chi connectivity index (χ4v) is 4.41. The van der Waals surface area contributed by atoms with Crippen LogP contribution in [0.4, 0.5) is 11.4 Å². The molecular formula is C24H22Br2N2O3. The van der Waals surface area contributed by atoms with Crippen LogP contribution in [0.15, 0.2) is 69.6 Å². The van der Waals surface area contributed by atoms with E-state index in [1.54, 1.807) is 4.90 Å². The van der Waals surface area contributed by atoms with E-state index in [0.717, 1.165) is 31.6 Å². The number of nitrogens with one attached hydrogen (secondary N) is 1. The lowest BCUT2D eigenvalue weighted by Gasteiger charge is -2.39. The molecule has 3 aromatic carbocycles. The minimum Gasteiger partial charge on any atom is -0.494 e. The fourth-order valence-electron chi connectivity index (χ4n) is 3.67. The van der Waals surface area contributed by atoms with Crippen LogP contribution in [0.5, 0.6) is 11.5 Å². The van der Waals surface area contributed by atoms with Crippen LogP contribution < -0.4 is 19.7 Å². The number of amides is 1. The number of rotatable bonds is 6. The summed E-state index contributed by atoms with van der Waals surface area (Å²) in [6, 6.07) is 19.1. The van der Waals surface area contributed by atoms with E-state index in [4.69, 9.17) is 9.47 Å². The summed E-state index contributed by atoms with van der Waals surface area (Å²) < 4.78 is 13.3. The quantitative estimate of drug-likeness (QED) is 0.371. The molecule has 0 bridgehead atoms. The zero-order chi connectivity index (χ0) is 22.0. The number of nitrogens with zero attached hydrogens (tertiary/aromatic N) is 1. The van der Waals surface area contributed by atoms with E-state index in [2.05, 4.69) is 37.2 Å². The molecule has 0 saturated heterocycles. The molecule has 31 heavy (non-hydrogen) atoms. The number of hydrogen-bond acceptors (Lipinski definition) is 4. The van der Waals surface area contributed by atoms with Gasteiger partial charge < -0.3 is 14.8 Å². The van der Waals surface area contributed by atoms with Crippen molar-refractivity contribution in [3.05, 3.63) is 80.7 Å². The van der Waals surface area contributed by atoms with E-state index < -0.39 is 6.17 Å². The number of anilines is 2. The predicted molar refractivity (Wildman–Crippen MR) is 130 cm³/mol. The number of ether oxygens (including phenoxy) is 2. The second-order valence-electron chi connectivity index (χ2n) is 6.96. The van der Waals surface area contributed by atoms with Gasteiger partial charge in [0.2, 0.25) is 0 Å². The topological polar surface area (TPSA) is 50.8 Å². The molecule has 0 radical (unpaired) electrons. The highest BCUT2D eigenvalue weighted by atomic mass is 79.9. The average Bonchev–Trinajstić information content (AvgIpc) is 2.76. The Bertz CT molecular complexity index is 1120. The molecule has 0 aliphatic carbocycles. The molecule has 1 atom stereocenters. The van der Waals surface area contributed by atoms with Crippen molar-refractivity contribution in [3.63, 3.8) is 0 Å². The Morgan fingerprint density at radius 1 is 0.935 bits per heavy atom. The predicted octanol–water partition coefficient (Wildman–Crippen LogP) is 6.78. The summed E-state index contributed by atoms with van der Waals surface area (Å²) in [5.74, 6) is 1.34. The van der Waals surface area contributed by atoms with Crippen LogP contribution in [-0.2, 0) is 0 Å². The fraction of sp³-hybridized carbons (Fsp3) is 0.208. The van der Waals surface area contributed by atoms with Crippen LogP contribution in [0.1, 0.15) is 35.9 Å². The van der Waals surface area contributed by atoms with Gasteiger partial charge in [-0.05, 0) is 62.4 Å². The van der Waals surface area contributed by atoms with Crippen molar-refractivity contribution in [2.24, 2.45) is 0 Å². The second kappa shape index (κ2) is 9.32. The monoisotopic (exact) mass is 544 g/mol. The molecule has 1 aliphatic rings. The van der Waals surface area contributed by atoms with Gasteiger partial charge >= 0.3 is 0 Å². The van der Waals surface area contributed by atoms with E-state index in [9.17, 15) is 4.79 Å². The minimum atomic E-state index is -0.461. The number of carbonyl (C=O) groups excluding carboxylic acids is 1. The second-order valence-corrected chi connectivity index (χ2v) is 8.79. The Balaban J connectivity index is 1.89. The van der Waals surface area contributed by atoms with E-state index in [1.807, 2.05) is 74.5 Å². The standard InChI is InChI=1S/C24H22Br2N2O3/c1-3-30-18-7-5-6-17(14-18)28-23(20-13-16(26)9-11-22(20)31-4-2)27-21-10-8-15(25)12-19(21)24(28)29/h5-14,23,27H,3-4H2,1-2H3/t23-/m1/s1. The van der Waals surface area contributed by atoms with Gasteiger partial charge in [0, 0.05) is 26.3 Å². The number of carbonyl (C=O) groups is 1. The molecule has 5 nitrogen and oxygen atoms in total. The smallest absolute Gasteiger partial charge is 0.262 e. The molecule has 1 heterocycles. The van der Waals surface area contributed by atoms with Crippen molar-refractivity contribution in [2.45, 2.75) is 20.0 Å². The number of benzene rings is 3. The molecule has 1 aliphatic heterocycles. The highest BCUT2D eigenvalue weighted by Gasteiger charge is 2.36. The summed E-state index contributed by atoms with van der Waals surface area (Å²) in [6.07, 6.45) is -0.461. The number of halogens is 2. The highest BCUT2D eigenvalue weighted by Crippen LogP contribution is 2.41. The van der Waals surface area contributed by atoms with E-state index in [1.165, 1.54) is 0 Å². The highest BCUT2D eigenvalue weighted by molar-refractivity contribution is 9.10. The molecule has 0 aromatic heterocycles. The summed E-state index contributed by atoms with van der Waals surface area (Å²) in [4.78, 5) is 15.5. The Kier molecular flexibility index (Phi) is 6.53. The third kappa shape index (κ3) is 4.43. The molecule has 0 spiro atoms. The van der Waals surface area contributed by atoms with E-state index >= 15 is 0 Å². The third-order valence-corrected chi connectivity index (χ3v) is 5.94. The van der Waals surface area contributed by atoms with Crippen molar-refractivity contribution >= 4 is 49.1 Å². The van der Waals surface area contributed by atoms with Crippen LogP contribution in [0.25, 0.3) is 0 Å². The molecule has 0 saturated carbocycles. The molecule has 3 aromatic rings. The number of fused-ring (bicyclic) bond motifs is 1. The van der Waals surface area contributed by atoms with Gasteiger partial charge in [-0.15, -0.1) is 0 Å². The van der Waals surface area contributed by atoms with Gasteiger partial charge in [-0.25, -0.2) is 0 Å². The average molecular weight is 546 g/mol. The van der Waals surface area contributed by atoms with Crippen molar-refractivity contribution in [1.29, 1.82) is 0 Å². The van der Waals surface area contributed by atoms with Crippen molar-refractivity contribution < 1.29 is 14.3 Å². The first kappa shape index (κ1) is 21.7. The lowest BCUT2D eigenvalue weighted by atomic mass is 10.0. The van der Waals surface area contributed by atoms with Crippen LogP contribution in [0, 0.1) is 0 Å². The molecule has 160 valence electrons. The van der Waals surface area contributed by atoms with Gasteiger partial charge in [-0.1, -0.05) is 37.9 Å². The molecule has 4 rings (SSSR count). The van der Waals surface area contributed by atoms with Crippen molar-refractivity contribution in [1.82, 2.24) is 0 Å². The van der Waals surface area contributed by atoms with Crippen LogP contribution >= 0.6 is 31.9 Å². The summed E-state index contributed by atoms with van der Waals surface area (Å²) in [5.41, 5.74) is 2.97. The van der Waals surface area contributed by atoms with E-state index in [-0.39, 0.29) is 5.91 Å². The third-order valence-electron chi connectivity index (χ3n) is 4.95. The Hall–Kier alpha value is -2.51. The summed E-state index contributed by atoms with van der Waals surface area (Å²) in [7, 11) is 0. The zero-order valence-electron chi connectivity index (χ0n) is 17.2. The maximum Gasteiger partial charge on any atom is 0.262 e. The van der Waals surface area contributed by atoms with Gasteiger partial charge in [0.15, 0.2) is 0 Å². The maximum absolute atomic E-state index is 13.7. The Morgan fingerprint density at radius 3 is 2.45 bits per heavy atom. The van der Waals surface area contributed by atoms with Gasteiger partial charge in [-0.3, -0.25) is 9.69 Å². The molecule has 0 unspecified atom stereocenters. The Morgan fingerprint density at radius 2 is 1.68 bits per heavy atom. The van der Waals surface area contributed by atoms with Crippen LogP contribution in [0.3, 0.4) is 0 Å². The van der Waals surface area contributed by atoms with E-state index in [0.29, 0.717) is 24.5 Å².